The quantitative estimate of drug-likeness (QED) is 0.623. The number of hydrogen-bond donors (Lipinski definition) is 0. The van der Waals surface area contributed by atoms with Crippen LogP contribution in [0.1, 0.15) is 36.9 Å². The van der Waals surface area contributed by atoms with Gasteiger partial charge in [0.05, 0.1) is 0 Å². The topological polar surface area (TPSA) is 3.24 Å². The standard InChI is InChI=1S/C14H19N/c1-11-5-4-9-15-10-8-12-6-2-3-7-13(12)14(11)15/h2-3,6-7,11,14H,4-5,8-10H2,1H3. The Morgan fingerprint density at radius 3 is 3.00 bits per heavy atom. The van der Waals surface area contributed by atoms with Gasteiger partial charge >= 0.3 is 0 Å². The smallest absolute Gasteiger partial charge is 0.0376 e. The van der Waals surface area contributed by atoms with E-state index in [2.05, 4.69) is 36.1 Å². The molecule has 1 aromatic rings. The van der Waals surface area contributed by atoms with E-state index in [4.69, 9.17) is 0 Å². The van der Waals surface area contributed by atoms with Crippen molar-refractivity contribution in [1.29, 1.82) is 0 Å². The van der Waals surface area contributed by atoms with E-state index in [1.54, 1.807) is 11.1 Å². The van der Waals surface area contributed by atoms with Gasteiger partial charge in [-0.15, -0.1) is 0 Å². The molecule has 1 saturated heterocycles. The van der Waals surface area contributed by atoms with Crippen LogP contribution in [-0.2, 0) is 6.42 Å². The van der Waals surface area contributed by atoms with Gasteiger partial charge < -0.3 is 0 Å². The summed E-state index contributed by atoms with van der Waals surface area (Å²) in [4.78, 5) is 2.69. The molecule has 0 radical (unpaired) electrons. The van der Waals surface area contributed by atoms with E-state index in [1.807, 2.05) is 0 Å². The molecule has 2 unspecified atom stereocenters. The molecule has 1 fully saturated rings. The zero-order chi connectivity index (χ0) is 10.3. The molecule has 15 heavy (non-hydrogen) atoms. The van der Waals surface area contributed by atoms with E-state index < -0.39 is 0 Å². The third-order valence-electron chi connectivity index (χ3n) is 4.08. The molecular formula is C14H19N. The minimum absolute atomic E-state index is 0.712. The first kappa shape index (κ1) is 9.41. The lowest BCUT2D eigenvalue weighted by atomic mass is 9.81. The Balaban J connectivity index is 2.02. The zero-order valence-electron chi connectivity index (χ0n) is 9.45. The van der Waals surface area contributed by atoms with Crippen LogP contribution in [-0.4, -0.2) is 18.0 Å². The van der Waals surface area contributed by atoms with Crippen molar-refractivity contribution in [2.45, 2.75) is 32.2 Å². The van der Waals surface area contributed by atoms with E-state index in [9.17, 15) is 0 Å². The Morgan fingerprint density at radius 2 is 2.07 bits per heavy atom. The van der Waals surface area contributed by atoms with Crippen LogP contribution in [0.3, 0.4) is 0 Å². The first-order valence-electron chi connectivity index (χ1n) is 6.18. The van der Waals surface area contributed by atoms with Crippen molar-refractivity contribution in [3.63, 3.8) is 0 Å². The normalized spacial score (nSPS) is 30.7. The highest BCUT2D eigenvalue weighted by molar-refractivity contribution is 5.33. The maximum atomic E-state index is 2.69. The predicted octanol–water partition coefficient (Wildman–Crippen LogP) is 3.02. The summed E-state index contributed by atoms with van der Waals surface area (Å²) < 4.78 is 0. The molecule has 0 aliphatic carbocycles. The second-order valence-electron chi connectivity index (χ2n) is 5.05. The van der Waals surface area contributed by atoms with E-state index in [-0.39, 0.29) is 0 Å². The number of hydrogen-bond acceptors (Lipinski definition) is 1. The molecule has 0 aromatic heterocycles. The highest BCUT2D eigenvalue weighted by atomic mass is 15.2. The van der Waals surface area contributed by atoms with E-state index in [0.717, 1.165) is 5.92 Å². The second kappa shape index (κ2) is 3.64. The third-order valence-corrected chi connectivity index (χ3v) is 4.08. The fourth-order valence-electron chi connectivity index (χ4n) is 3.34. The van der Waals surface area contributed by atoms with E-state index >= 15 is 0 Å². The second-order valence-corrected chi connectivity index (χ2v) is 5.05. The zero-order valence-corrected chi connectivity index (χ0v) is 9.45. The molecule has 2 aliphatic rings. The largest absolute Gasteiger partial charge is 0.296 e. The summed E-state index contributed by atoms with van der Waals surface area (Å²) in [6.07, 6.45) is 4.04. The Kier molecular flexibility index (Phi) is 2.28. The summed E-state index contributed by atoms with van der Waals surface area (Å²) in [5.74, 6) is 0.834. The summed E-state index contributed by atoms with van der Waals surface area (Å²) in [5, 5.41) is 0. The predicted molar refractivity (Wildman–Crippen MR) is 62.9 cm³/mol. The molecule has 0 N–H and O–H groups in total. The minimum Gasteiger partial charge on any atom is -0.296 e. The lowest BCUT2D eigenvalue weighted by Crippen LogP contribution is -2.42. The molecule has 2 atom stereocenters. The Morgan fingerprint density at radius 1 is 1.20 bits per heavy atom. The van der Waals surface area contributed by atoms with Gasteiger partial charge in [-0.3, -0.25) is 4.90 Å². The molecule has 1 heteroatoms. The summed E-state index contributed by atoms with van der Waals surface area (Å²) in [7, 11) is 0. The fourth-order valence-corrected chi connectivity index (χ4v) is 3.34. The van der Waals surface area contributed by atoms with Gasteiger partial charge in [0.25, 0.3) is 0 Å². The molecule has 0 amide bonds. The van der Waals surface area contributed by atoms with E-state index in [0.29, 0.717) is 6.04 Å². The minimum atomic E-state index is 0.712. The Hall–Kier alpha value is -0.820. The number of nitrogens with zero attached hydrogens (tertiary/aromatic N) is 1. The number of piperidine rings is 1. The summed E-state index contributed by atoms with van der Waals surface area (Å²) in [6.45, 7) is 4.99. The van der Waals surface area contributed by atoms with Gasteiger partial charge in [0.2, 0.25) is 0 Å². The van der Waals surface area contributed by atoms with Crippen LogP contribution in [0.2, 0.25) is 0 Å². The van der Waals surface area contributed by atoms with Crippen molar-refractivity contribution in [2.75, 3.05) is 13.1 Å². The van der Waals surface area contributed by atoms with Crippen LogP contribution in [0.5, 0.6) is 0 Å². The molecule has 3 rings (SSSR count). The first-order valence-corrected chi connectivity index (χ1v) is 6.18. The Bertz CT molecular complexity index is 358. The lowest BCUT2D eigenvalue weighted by molar-refractivity contribution is 0.0919. The van der Waals surface area contributed by atoms with Gasteiger partial charge in [0, 0.05) is 12.6 Å². The number of fused-ring (bicyclic) bond motifs is 3. The van der Waals surface area contributed by atoms with Gasteiger partial charge in [0.15, 0.2) is 0 Å². The molecule has 0 spiro atoms. The fraction of sp³-hybridized carbons (Fsp3) is 0.571. The lowest BCUT2D eigenvalue weighted by Gasteiger charge is -2.44. The maximum Gasteiger partial charge on any atom is 0.0376 e. The third kappa shape index (κ3) is 1.50. The maximum absolute atomic E-state index is 2.69. The van der Waals surface area contributed by atoms with Crippen LogP contribution >= 0.6 is 0 Å². The summed E-state index contributed by atoms with van der Waals surface area (Å²) in [6, 6.07) is 9.75. The van der Waals surface area contributed by atoms with E-state index in [1.165, 1.54) is 32.4 Å². The Labute approximate surface area is 92.1 Å². The molecule has 80 valence electrons. The van der Waals surface area contributed by atoms with Crippen LogP contribution in [0.4, 0.5) is 0 Å². The number of benzene rings is 1. The monoisotopic (exact) mass is 201 g/mol. The average molecular weight is 201 g/mol. The van der Waals surface area contributed by atoms with Crippen LogP contribution in [0.25, 0.3) is 0 Å². The first-order chi connectivity index (χ1) is 7.36. The van der Waals surface area contributed by atoms with Gasteiger partial charge in [-0.05, 0) is 42.9 Å². The summed E-state index contributed by atoms with van der Waals surface area (Å²) >= 11 is 0. The SMILES string of the molecule is CC1CCCN2CCc3ccccc3C12. The molecular weight excluding hydrogens is 182 g/mol. The summed E-state index contributed by atoms with van der Waals surface area (Å²) in [5.41, 5.74) is 3.20. The van der Waals surface area contributed by atoms with Crippen LogP contribution < -0.4 is 0 Å². The van der Waals surface area contributed by atoms with Crippen molar-refractivity contribution in [3.8, 4) is 0 Å². The highest BCUT2D eigenvalue weighted by Crippen LogP contribution is 2.39. The van der Waals surface area contributed by atoms with Crippen molar-refractivity contribution in [3.05, 3.63) is 35.4 Å². The molecule has 0 bridgehead atoms. The van der Waals surface area contributed by atoms with Crippen molar-refractivity contribution >= 4 is 0 Å². The van der Waals surface area contributed by atoms with Crippen LogP contribution in [0.15, 0.2) is 24.3 Å². The van der Waals surface area contributed by atoms with Gasteiger partial charge in [-0.2, -0.15) is 0 Å². The number of rotatable bonds is 0. The van der Waals surface area contributed by atoms with Crippen molar-refractivity contribution in [1.82, 2.24) is 4.90 Å². The molecule has 2 heterocycles. The van der Waals surface area contributed by atoms with Crippen molar-refractivity contribution in [2.24, 2.45) is 5.92 Å². The molecule has 1 nitrogen and oxygen atoms in total. The van der Waals surface area contributed by atoms with Gasteiger partial charge in [0.1, 0.15) is 0 Å². The highest BCUT2D eigenvalue weighted by Gasteiger charge is 2.33. The van der Waals surface area contributed by atoms with Gasteiger partial charge in [-0.1, -0.05) is 31.2 Å². The van der Waals surface area contributed by atoms with Crippen molar-refractivity contribution < 1.29 is 0 Å². The molecule has 0 saturated carbocycles. The molecule has 1 aromatic carbocycles. The molecule has 2 aliphatic heterocycles. The van der Waals surface area contributed by atoms with Gasteiger partial charge in [-0.25, -0.2) is 0 Å². The van der Waals surface area contributed by atoms with Crippen LogP contribution in [0, 0.1) is 5.92 Å². The average Bonchev–Trinajstić information content (AvgIpc) is 2.29.